The SMILES string of the molecule is O=S(=O)(NCc1nccs1)C1CCNCC1. The van der Waals surface area contributed by atoms with E-state index in [-0.39, 0.29) is 5.25 Å². The molecule has 0 amide bonds. The summed E-state index contributed by atoms with van der Waals surface area (Å²) in [5, 5.41) is 5.54. The maximum absolute atomic E-state index is 11.9. The molecule has 0 spiro atoms. The van der Waals surface area contributed by atoms with E-state index in [9.17, 15) is 8.42 Å². The van der Waals surface area contributed by atoms with Crippen molar-refractivity contribution in [2.45, 2.75) is 24.6 Å². The highest BCUT2D eigenvalue weighted by atomic mass is 32.2. The molecule has 1 aromatic rings. The molecule has 1 aromatic heterocycles. The largest absolute Gasteiger partial charge is 0.317 e. The van der Waals surface area contributed by atoms with Crippen molar-refractivity contribution >= 4 is 21.4 Å². The van der Waals surface area contributed by atoms with Crippen molar-refractivity contribution in [1.82, 2.24) is 15.0 Å². The Kier molecular flexibility index (Phi) is 3.91. The Labute approximate surface area is 99.3 Å². The average Bonchev–Trinajstić information content (AvgIpc) is 2.81. The van der Waals surface area contributed by atoms with Gasteiger partial charge < -0.3 is 5.32 Å². The van der Waals surface area contributed by atoms with Gasteiger partial charge in [-0.25, -0.2) is 18.1 Å². The van der Waals surface area contributed by atoms with Gasteiger partial charge in [-0.15, -0.1) is 11.3 Å². The van der Waals surface area contributed by atoms with E-state index >= 15 is 0 Å². The lowest BCUT2D eigenvalue weighted by Gasteiger charge is -2.22. The van der Waals surface area contributed by atoms with Crippen molar-refractivity contribution in [3.8, 4) is 0 Å². The van der Waals surface area contributed by atoms with E-state index in [1.54, 1.807) is 6.20 Å². The van der Waals surface area contributed by atoms with Crippen LogP contribution in [0.25, 0.3) is 0 Å². The van der Waals surface area contributed by atoms with Crippen LogP contribution in [0.2, 0.25) is 0 Å². The molecule has 0 bridgehead atoms. The third-order valence-electron chi connectivity index (χ3n) is 2.63. The zero-order valence-corrected chi connectivity index (χ0v) is 10.5. The summed E-state index contributed by atoms with van der Waals surface area (Å²) in [4.78, 5) is 4.04. The van der Waals surface area contributed by atoms with Gasteiger partial charge in [0.25, 0.3) is 0 Å². The molecule has 0 aromatic carbocycles. The summed E-state index contributed by atoms with van der Waals surface area (Å²) in [6, 6.07) is 0. The van der Waals surface area contributed by atoms with Crippen molar-refractivity contribution in [2.75, 3.05) is 13.1 Å². The van der Waals surface area contributed by atoms with Gasteiger partial charge >= 0.3 is 0 Å². The van der Waals surface area contributed by atoms with Crippen LogP contribution in [0.5, 0.6) is 0 Å². The van der Waals surface area contributed by atoms with Gasteiger partial charge in [0, 0.05) is 11.6 Å². The lowest BCUT2D eigenvalue weighted by atomic mass is 10.2. The topological polar surface area (TPSA) is 71.1 Å². The Balaban J connectivity index is 1.91. The molecule has 16 heavy (non-hydrogen) atoms. The Hall–Kier alpha value is -0.500. The van der Waals surface area contributed by atoms with Gasteiger partial charge in [-0.1, -0.05) is 0 Å². The third-order valence-corrected chi connectivity index (χ3v) is 5.31. The van der Waals surface area contributed by atoms with Gasteiger partial charge in [-0.2, -0.15) is 0 Å². The first-order valence-corrected chi connectivity index (χ1v) is 7.68. The summed E-state index contributed by atoms with van der Waals surface area (Å²) in [7, 11) is -3.18. The van der Waals surface area contributed by atoms with Gasteiger partial charge in [0.1, 0.15) is 5.01 Å². The van der Waals surface area contributed by atoms with Crippen molar-refractivity contribution in [3.63, 3.8) is 0 Å². The quantitative estimate of drug-likeness (QED) is 0.818. The van der Waals surface area contributed by atoms with Gasteiger partial charge in [0.2, 0.25) is 10.0 Å². The van der Waals surface area contributed by atoms with Gasteiger partial charge in [-0.05, 0) is 25.9 Å². The number of nitrogens with one attached hydrogen (secondary N) is 2. The van der Waals surface area contributed by atoms with E-state index in [0.29, 0.717) is 19.4 Å². The first-order valence-electron chi connectivity index (χ1n) is 5.26. The maximum atomic E-state index is 11.9. The van der Waals surface area contributed by atoms with Gasteiger partial charge in [0.15, 0.2) is 0 Å². The van der Waals surface area contributed by atoms with Crippen LogP contribution in [0.1, 0.15) is 17.8 Å². The molecule has 1 aliphatic heterocycles. The Bertz CT molecular complexity index is 410. The monoisotopic (exact) mass is 261 g/mol. The molecule has 2 heterocycles. The summed E-state index contributed by atoms with van der Waals surface area (Å²) in [6.45, 7) is 1.87. The number of aromatic nitrogens is 1. The van der Waals surface area contributed by atoms with Crippen LogP contribution in [-0.4, -0.2) is 31.7 Å². The lowest BCUT2D eigenvalue weighted by molar-refractivity contribution is 0.489. The van der Waals surface area contributed by atoms with Crippen molar-refractivity contribution in [2.24, 2.45) is 0 Å². The fraction of sp³-hybridized carbons (Fsp3) is 0.667. The summed E-state index contributed by atoms with van der Waals surface area (Å²) in [6.07, 6.45) is 3.05. The fourth-order valence-electron chi connectivity index (χ4n) is 1.73. The van der Waals surface area contributed by atoms with E-state index in [2.05, 4.69) is 15.0 Å². The first kappa shape index (κ1) is 12.0. The van der Waals surface area contributed by atoms with Crippen molar-refractivity contribution in [1.29, 1.82) is 0 Å². The van der Waals surface area contributed by atoms with E-state index in [4.69, 9.17) is 0 Å². The normalized spacial score (nSPS) is 18.8. The second-order valence-corrected chi connectivity index (χ2v) is 6.77. The molecule has 1 aliphatic rings. The number of hydrogen-bond donors (Lipinski definition) is 2. The zero-order valence-electron chi connectivity index (χ0n) is 8.85. The summed E-state index contributed by atoms with van der Waals surface area (Å²) < 4.78 is 26.5. The lowest BCUT2D eigenvalue weighted by Crippen LogP contribution is -2.41. The van der Waals surface area contributed by atoms with E-state index in [1.165, 1.54) is 11.3 Å². The molecular weight excluding hydrogens is 246 g/mol. The summed E-state index contributed by atoms with van der Waals surface area (Å²) in [5.41, 5.74) is 0. The smallest absolute Gasteiger partial charge is 0.214 e. The van der Waals surface area contributed by atoms with Crippen molar-refractivity contribution < 1.29 is 8.42 Å². The van der Waals surface area contributed by atoms with Crippen LogP contribution in [0, 0.1) is 0 Å². The van der Waals surface area contributed by atoms with Crippen LogP contribution in [0.4, 0.5) is 0 Å². The van der Waals surface area contributed by atoms with Crippen LogP contribution < -0.4 is 10.0 Å². The molecule has 7 heteroatoms. The number of hydrogen-bond acceptors (Lipinski definition) is 5. The Morgan fingerprint density at radius 1 is 1.50 bits per heavy atom. The Morgan fingerprint density at radius 3 is 2.88 bits per heavy atom. The molecule has 2 N–H and O–H groups in total. The number of sulfonamides is 1. The zero-order chi connectivity index (χ0) is 11.4. The van der Waals surface area contributed by atoms with Crippen molar-refractivity contribution in [3.05, 3.63) is 16.6 Å². The molecule has 0 atom stereocenters. The number of rotatable bonds is 4. The standard InChI is InChI=1S/C9H15N3O2S2/c13-16(14,8-1-3-10-4-2-8)12-7-9-11-5-6-15-9/h5-6,8,10,12H,1-4,7H2. The summed E-state index contributed by atoms with van der Waals surface area (Å²) in [5.74, 6) is 0. The Morgan fingerprint density at radius 2 is 2.25 bits per heavy atom. The van der Waals surface area contributed by atoms with E-state index in [0.717, 1.165) is 18.1 Å². The third kappa shape index (κ3) is 3.00. The van der Waals surface area contributed by atoms with Gasteiger partial charge in [0.05, 0.1) is 11.8 Å². The molecule has 5 nitrogen and oxygen atoms in total. The minimum absolute atomic E-state index is 0.256. The molecule has 90 valence electrons. The minimum Gasteiger partial charge on any atom is -0.317 e. The molecule has 0 saturated carbocycles. The van der Waals surface area contributed by atoms with Crippen LogP contribution in [-0.2, 0) is 16.6 Å². The maximum Gasteiger partial charge on any atom is 0.214 e. The molecular formula is C9H15N3O2S2. The van der Waals surface area contributed by atoms with E-state index in [1.807, 2.05) is 5.38 Å². The number of thiazole rings is 1. The number of nitrogens with zero attached hydrogens (tertiary/aromatic N) is 1. The second-order valence-electron chi connectivity index (χ2n) is 3.74. The highest BCUT2D eigenvalue weighted by Gasteiger charge is 2.26. The number of piperidine rings is 1. The highest BCUT2D eigenvalue weighted by molar-refractivity contribution is 7.90. The van der Waals surface area contributed by atoms with Crippen LogP contribution >= 0.6 is 11.3 Å². The average molecular weight is 261 g/mol. The molecule has 2 rings (SSSR count). The summed E-state index contributed by atoms with van der Waals surface area (Å²) >= 11 is 1.46. The minimum atomic E-state index is -3.18. The first-order chi connectivity index (χ1) is 7.68. The van der Waals surface area contributed by atoms with Gasteiger partial charge in [-0.3, -0.25) is 0 Å². The molecule has 1 saturated heterocycles. The second kappa shape index (κ2) is 5.22. The molecule has 1 fully saturated rings. The van der Waals surface area contributed by atoms with Crippen LogP contribution in [0.3, 0.4) is 0 Å². The molecule has 0 radical (unpaired) electrons. The highest BCUT2D eigenvalue weighted by Crippen LogP contribution is 2.13. The molecule has 0 aliphatic carbocycles. The van der Waals surface area contributed by atoms with E-state index < -0.39 is 10.0 Å². The fourth-order valence-corrected chi connectivity index (χ4v) is 3.80. The predicted octanol–water partition coefficient (Wildman–Crippen LogP) is 0.314. The van der Waals surface area contributed by atoms with Crippen LogP contribution in [0.15, 0.2) is 11.6 Å². The predicted molar refractivity (Wildman–Crippen MR) is 63.8 cm³/mol. The molecule has 0 unspecified atom stereocenters.